The minimum atomic E-state index is -0.665. The van der Waals surface area contributed by atoms with Crippen LogP contribution in [-0.4, -0.2) is 22.0 Å². The number of anilines is 2. The van der Waals surface area contributed by atoms with Crippen LogP contribution in [0.3, 0.4) is 0 Å². The Labute approximate surface area is 123 Å². The third kappa shape index (κ3) is 2.89. The van der Waals surface area contributed by atoms with Gasteiger partial charge in [0.05, 0.1) is 17.7 Å². The molecule has 9 heteroatoms. The van der Waals surface area contributed by atoms with Gasteiger partial charge < -0.3 is 10.1 Å². The van der Waals surface area contributed by atoms with E-state index in [-0.39, 0.29) is 11.0 Å². The average molecular weight is 315 g/mol. The Kier molecular flexibility index (Phi) is 4.21. The Morgan fingerprint density at radius 2 is 2.10 bits per heavy atom. The largest absolute Gasteiger partial charge is 0.495 e. The molecule has 0 bridgehead atoms. The number of nitrogens with one attached hydrogen (secondary N) is 1. The molecule has 1 N–H and O–H groups in total. The zero-order chi connectivity index (χ0) is 14.7. The molecule has 2 aromatic rings. The molecule has 0 aliphatic heterocycles. The van der Waals surface area contributed by atoms with E-state index in [4.69, 9.17) is 27.9 Å². The molecule has 0 saturated heterocycles. The molecule has 0 aliphatic carbocycles. The van der Waals surface area contributed by atoms with E-state index in [0.717, 1.165) is 6.33 Å². The van der Waals surface area contributed by atoms with Crippen molar-refractivity contribution in [1.82, 2.24) is 9.97 Å². The van der Waals surface area contributed by atoms with Crippen molar-refractivity contribution >= 4 is 40.4 Å². The summed E-state index contributed by atoms with van der Waals surface area (Å²) in [5.74, 6) is 0.411. The molecule has 1 aromatic carbocycles. The van der Waals surface area contributed by atoms with Gasteiger partial charge in [-0.2, -0.15) is 0 Å². The van der Waals surface area contributed by atoms with Crippen LogP contribution in [0.5, 0.6) is 5.75 Å². The maximum atomic E-state index is 11.0. The summed E-state index contributed by atoms with van der Waals surface area (Å²) in [6.45, 7) is 0. The molecule has 104 valence electrons. The van der Waals surface area contributed by atoms with E-state index in [0.29, 0.717) is 16.5 Å². The highest BCUT2D eigenvalue weighted by molar-refractivity contribution is 6.32. The molecule has 0 aliphatic rings. The maximum Gasteiger partial charge on any atom is 0.348 e. The first-order valence-corrected chi connectivity index (χ1v) is 6.04. The lowest BCUT2D eigenvalue weighted by molar-refractivity contribution is -0.384. The number of methoxy groups -OCH3 is 1. The second-order valence-corrected chi connectivity index (χ2v) is 4.38. The minimum absolute atomic E-state index is 0.0458. The van der Waals surface area contributed by atoms with Crippen molar-refractivity contribution in [1.29, 1.82) is 0 Å². The first-order chi connectivity index (χ1) is 9.52. The van der Waals surface area contributed by atoms with Gasteiger partial charge in [0.2, 0.25) is 11.0 Å². The van der Waals surface area contributed by atoms with Crippen LogP contribution in [-0.2, 0) is 0 Å². The molecule has 1 heterocycles. The number of rotatable bonds is 4. The van der Waals surface area contributed by atoms with Gasteiger partial charge in [-0.1, -0.05) is 23.2 Å². The Balaban J connectivity index is 2.48. The summed E-state index contributed by atoms with van der Waals surface area (Å²) in [4.78, 5) is 17.7. The van der Waals surface area contributed by atoms with Crippen LogP contribution in [0.4, 0.5) is 17.2 Å². The lowest BCUT2D eigenvalue weighted by atomic mass is 10.3. The van der Waals surface area contributed by atoms with Crippen LogP contribution < -0.4 is 10.1 Å². The number of benzene rings is 1. The molecule has 2 rings (SSSR count). The molecule has 0 fully saturated rings. The molecular formula is C11H8Cl2N4O3. The molecule has 0 amide bonds. The summed E-state index contributed by atoms with van der Waals surface area (Å²) in [5, 5.41) is 14.0. The number of ether oxygens (including phenoxy) is 1. The van der Waals surface area contributed by atoms with Crippen LogP contribution in [0.15, 0.2) is 24.5 Å². The van der Waals surface area contributed by atoms with Crippen LogP contribution >= 0.6 is 23.2 Å². The number of hydrogen-bond donors (Lipinski definition) is 1. The van der Waals surface area contributed by atoms with E-state index in [1.165, 1.54) is 7.11 Å². The fourth-order valence-electron chi connectivity index (χ4n) is 1.52. The SMILES string of the molecule is COc1ccc(Cl)cc1Nc1ncnc(Cl)c1[N+](=O)[O-]. The average Bonchev–Trinajstić information content (AvgIpc) is 2.38. The Bertz CT molecular complexity index is 666. The first kappa shape index (κ1) is 14.3. The van der Waals surface area contributed by atoms with Crippen LogP contribution in [0.1, 0.15) is 0 Å². The van der Waals surface area contributed by atoms with Crippen molar-refractivity contribution < 1.29 is 9.66 Å². The molecule has 0 spiro atoms. The lowest BCUT2D eigenvalue weighted by Gasteiger charge is -2.11. The summed E-state index contributed by atoms with van der Waals surface area (Å²) in [5.41, 5.74) is 0.00839. The van der Waals surface area contributed by atoms with Crippen molar-refractivity contribution in [3.8, 4) is 5.75 Å². The highest BCUT2D eigenvalue weighted by Crippen LogP contribution is 2.35. The number of nitro groups is 1. The molecule has 0 atom stereocenters. The quantitative estimate of drug-likeness (QED) is 0.528. The Morgan fingerprint density at radius 3 is 2.75 bits per heavy atom. The molecule has 0 unspecified atom stereocenters. The predicted octanol–water partition coefficient (Wildman–Crippen LogP) is 3.44. The van der Waals surface area contributed by atoms with Gasteiger partial charge in [0.25, 0.3) is 0 Å². The van der Waals surface area contributed by atoms with Gasteiger partial charge >= 0.3 is 5.69 Å². The zero-order valence-electron chi connectivity index (χ0n) is 10.1. The van der Waals surface area contributed by atoms with E-state index in [9.17, 15) is 10.1 Å². The molecule has 0 radical (unpaired) electrons. The lowest BCUT2D eigenvalue weighted by Crippen LogP contribution is -2.02. The normalized spacial score (nSPS) is 10.2. The molecule has 7 nitrogen and oxygen atoms in total. The van der Waals surface area contributed by atoms with Crippen molar-refractivity contribution in [3.63, 3.8) is 0 Å². The maximum absolute atomic E-state index is 11.0. The van der Waals surface area contributed by atoms with Gasteiger partial charge in [0, 0.05) is 5.02 Å². The van der Waals surface area contributed by atoms with E-state index in [1.54, 1.807) is 18.2 Å². The third-order valence-corrected chi connectivity index (χ3v) is 2.89. The Hall–Kier alpha value is -2.12. The van der Waals surface area contributed by atoms with E-state index < -0.39 is 10.6 Å². The molecular weight excluding hydrogens is 307 g/mol. The van der Waals surface area contributed by atoms with E-state index >= 15 is 0 Å². The number of hydrogen-bond acceptors (Lipinski definition) is 6. The summed E-state index contributed by atoms with van der Waals surface area (Å²) < 4.78 is 5.14. The molecule has 0 saturated carbocycles. The van der Waals surface area contributed by atoms with Crippen molar-refractivity contribution in [2.75, 3.05) is 12.4 Å². The molecule has 1 aromatic heterocycles. The second kappa shape index (κ2) is 5.89. The van der Waals surface area contributed by atoms with Gasteiger partial charge in [-0.25, -0.2) is 9.97 Å². The van der Waals surface area contributed by atoms with Crippen LogP contribution in [0.2, 0.25) is 10.2 Å². The summed E-state index contributed by atoms with van der Waals surface area (Å²) in [6, 6.07) is 4.81. The fourth-order valence-corrected chi connectivity index (χ4v) is 1.89. The van der Waals surface area contributed by atoms with Gasteiger partial charge in [0.1, 0.15) is 12.1 Å². The zero-order valence-corrected chi connectivity index (χ0v) is 11.6. The number of halogens is 2. The van der Waals surface area contributed by atoms with Crippen molar-refractivity contribution in [3.05, 3.63) is 44.8 Å². The second-order valence-electron chi connectivity index (χ2n) is 3.59. The minimum Gasteiger partial charge on any atom is -0.495 e. The standard InChI is InChI=1S/C11H8Cl2N4O3/c1-20-8-3-2-6(12)4-7(8)16-11-9(17(18)19)10(13)14-5-15-11/h2-5H,1H3,(H,14,15,16). The Morgan fingerprint density at radius 1 is 1.35 bits per heavy atom. The number of aromatic nitrogens is 2. The van der Waals surface area contributed by atoms with Gasteiger partial charge in [0.15, 0.2) is 0 Å². The van der Waals surface area contributed by atoms with Crippen LogP contribution in [0, 0.1) is 10.1 Å². The van der Waals surface area contributed by atoms with Crippen molar-refractivity contribution in [2.24, 2.45) is 0 Å². The fraction of sp³-hybridized carbons (Fsp3) is 0.0909. The summed E-state index contributed by atoms with van der Waals surface area (Å²) >= 11 is 11.6. The van der Waals surface area contributed by atoms with Crippen LogP contribution in [0.25, 0.3) is 0 Å². The summed E-state index contributed by atoms with van der Waals surface area (Å²) in [7, 11) is 1.47. The van der Waals surface area contributed by atoms with Gasteiger partial charge in [-0.15, -0.1) is 0 Å². The first-order valence-electron chi connectivity index (χ1n) is 5.28. The highest BCUT2D eigenvalue weighted by Gasteiger charge is 2.22. The van der Waals surface area contributed by atoms with Gasteiger partial charge in [-0.3, -0.25) is 10.1 Å². The van der Waals surface area contributed by atoms with Crippen molar-refractivity contribution in [2.45, 2.75) is 0 Å². The van der Waals surface area contributed by atoms with E-state index in [2.05, 4.69) is 15.3 Å². The highest BCUT2D eigenvalue weighted by atomic mass is 35.5. The monoisotopic (exact) mass is 314 g/mol. The molecule has 20 heavy (non-hydrogen) atoms. The smallest absolute Gasteiger partial charge is 0.348 e. The topological polar surface area (TPSA) is 90.2 Å². The third-order valence-electron chi connectivity index (χ3n) is 2.37. The summed E-state index contributed by atoms with van der Waals surface area (Å²) in [6.07, 6.45) is 1.12. The van der Waals surface area contributed by atoms with Gasteiger partial charge in [-0.05, 0) is 18.2 Å². The predicted molar refractivity (Wildman–Crippen MR) is 75.0 cm³/mol. The van der Waals surface area contributed by atoms with E-state index in [1.807, 2.05) is 0 Å². The number of nitrogens with zero attached hydrogens (tertiary/aromatic N) is 3.